The number of halogens is 1. The van der Waals surface area contributed by atoms with Crippen LogP contribution >= 0.6 is 11.6 Å². The minimum absolute atomic E-state index is 0.0969. The van der Waals surface area contributed by atoms with Crippen molar-refractivity contribution in [3.8, 4) is 0 Å². The van der Waals surface area contributed by atoms with Gasteiger partial charge in [0.25, 0.3) is 0 Å². The van der Waals surface area contributed by atoms with Gasteiger partial charge in [0, 0.05) is 16.4 Å². The summed E-state index contributed by atoms with van der Waals surface area (Å²) >= 11 is 5.94. The lowest BCUT2D eigenvalue weighted by Gasteiger charge is -2.12. The maximum Gasteiger partial charge on any atom is 0.243 e. The van der Waals surface area contributed by atoms with E-state index in [1.165, 1.54) is 5.56 Å². The Bertz CT molecular complexity index is 668. The molecule has 2 N–H and O–H groups in total. The minimum atomic E-state index is -0.0969. The molecule has 2 aromatic rings. The molecule has 2 aromatic carbocycles. The number of rotatable bonds is 4. The third kappa shape index (κ3) is 4.23. The summed E-state index contributed by atoms with van der Waals surface area (Å²) in [6, 6.07) is 11.5. The highest BCUT2D eigenvalue weighted by molar-refractivity contribution is 6.31. The van der Waals surface area contributed by atoms with E-state index in [-0.39, 0.29) is 12.5 Å². The zero-order chi connectivity index (χ0) is 15.4. The Kier molecular flexibility index (Phi) is 4.86. The molecule has 0 radical (unpaired) electrons. The van der Waals surface area contributed by atoms with E-state index in [4.69, 9.17) is 11.6 Å². The van der Waals surface area contributed by atoms with Crippen LogP contribution in [0.5, 0.6) is 0 Å². The Morgan fingerprint density at radius 3 is 2.48 bits per heavy atom. The summed E-state index contributed by atoms with van der Waals surface area (Å²) in [5, 5.41) is 6.62. The second-order valence-electron chi connectivity index (χ2n) is 5.18. The van der Waals surface area contributed by atoms with Crippen LogP contribution in [0.3, 0.4) is 0 Å². The second-order valence-corrected chi connectivity index (χ2v) is 5.62. The molecule has 4 heteroatoms. The summed E-state index contributed by atoms with van der Waals surface area (Å²) < 4.78 is 0. The monoisotopic (exact) mass is 302 g/mol. The number of carbonyl (C=O) groups is 1. The molecule has 0 bridgehead atoms. The number of nitrogens with one attached hydrogen (secondary N) is 2. The van der Waals surface area contributed by atoms with Crippen molar-refractivity contribution in [2.45, 2.75) is 20.8 Å². The van der Waals surface area contributed by atoms with E-state index in [0.717, 1.165) is 22.5 Å². The quantitative estimate of drug-likeness (QED) is 0.883. The topological polar surface area (TPSA) is 41.1 Å². The molecular formula is C17H19ClN2O. The first-order chi connectivity index (χ1) is 9.95. The molecule has 21 heavy (non-hydrogen) atoms. The molecule has 0 aliphatic rings. The number of hydrogen-bond donors (Lipinski definition) is 2. The third-order valence-electron chi connectivity index (χ3n) is 3.30. The van der Waals surface area contributed by atoms with E-state index >= 15 is 0 Å². The Balaban J connectivity index is 1.97. The molecular weight excluding hydrogens is 284 g/mol. The molecule has 0 spiro atoms. The summed E-state index contributed by atoms with van der Waals surface area (Å²) in [6.45, 7) is 6.22. The van der Waals surface area contributed by atoms with E-state index in [9.17, 15) is 4.79 Å². The Morgan fingerprint density at radius 1 is 1.00 bits per heavy atom. The van der Waals surface area contributed by atoms with Gasteiger partial charge in [0.05, 0.1) is 6.54 Å². The molecule has 110 valence electrons. The summed E-state index contributed by atoms with van der Waals surface area (Å²) in [5.74, 6) is -0.0969. The molecule has 0 heterocycles. The van der Waals surface area contributed by atoms with Crippen LogP contribution in [0.15, 0.2) is 36.4 Å². The molecule has 0 aromatic heterocycles. The van der Waals surface area contributed by atoms with E-state index < -0.39 is 0 Å². The van der Waals surface area contributed by atoms with Gasteiger partial charge in [-0.1, -0.05) is 35.4 Å². The van der Waals surface area contributed by atoms with Gasteiger partial charge < -0.3 is 10.6 Å². The van der Waals surface area contributed by atoms with Crippen LogP contribution in [-0.4, -0.2) is 12.5 Å². The van der Waals surface area contributed by atoms with Crippen LogP contribution in [0.4, 0.5) is 11.4 Å². The van der Waals surface area contributed by atoms with Gasteiger partial charge >= 0.3 is 0 Å². The van der Waals surface area contributed by atoms with Crippen LogP contribution < -0.4 is 10.6 Å². The number of hydrogen-bond acceptors (Lipinski definition) is 2. The van der Waals surface area contributed by atoms with Crippen LogP contribution in [0.25, 0.3) is 0 Å². The van der Waals surface area contributed by atoms with Crippen LogP contribution in [0.2, 0.25) is 5.02 Å². The Hall–Kier alpha value is -2.00. The highest BCUT2D eigenvalue weighted by Crippen LogP contribution is 2.20. The first-order valence-electron chi connectivity index (χ1n) is 6.83. The highest BCUT2D eigenvalue weighted by Gasteiger charge is 2.06. The van der Waals surface area contributed by atoms with Crippen molar-refractivity contribution in [2.75, 3.05) is 17.2 Å². The first kappa shape index (κ1) is 15.4. The number of benzene rings is 2. The predicted octanol–water partition coefficient (Wildman–Crippen LogP) is 4.32. The van der Waals surface area contributed by atoms with Gasteiger partial charge in [-0.05, 0) is 50.1 Å². The molecule has 0 unspecified atom stereocenters. The van der Waals surface area contributed by atoms with Crippen LogP contribution in [0.1, 0.15) is 16.7 Å². The molecule has 3 nitrogen and oxygen atoms in total. The van der Waals surface area contributed by atoms with E-state index in [1.807, 2.05) is 39.0 Å². The number of amides is 1. The molecule has 0 atom stereocenters. The highest BCUT2D eigenvalue weighted by atomic mass is 35.5. The smallest absolute Gasteiger partial charge is 0.243 e. The zero-order valence-electron chi connectivity index (χ0n) is 12.5. The maximum absolute atomic E-state index is 12.0. The standard InChI is InChI=1S/C17H19ClN2O/c1-11-4-7-15(13(3)8-11)19-10-17(21)20-16-9-14(18)6-5-12(16)2/h4-9,19H,10H2,1-3H3,(H,20,21). The normalized spacial score (nSPS) is 10.3. The Morgan fingerprint density at radius 2 is 1.76 bits per heavy atom. The lowest BCUT2D eigenvalue weighted by molar-refractivity contribution is -0.114. The van der Waals surface area contributed by atoms with E-state index in [1.54, 1.807) is 12.1 Å². The SMILES string of the molecule is Cc1ccc(NCC(=O)Nc2cc(Cl)ccc2C)c(C)c1. The minimum Gasteiger partial charge on any atom is -0.376 e. The van der Waals surface area contributed by atoms with Gasteiger partial charge in [-0.15, -0.1) is 0 Å². The van der Waals surface area contributed by atoms with Crippen molar-refractivity contribution >= 4 is 28.9 Å². The van der Waals surface area contributed by atoms with E-state index in [2.05, 4.69) is 16.7 Å². The fourth-order valence-electron chi connectivity index (χ4n) is 2.11. The number of anilines is 2. The predicted molar refractivity (Wildman–Crippen MR) is 89.2 cm³/mol. The van der Waals surface area contributed by atoms with Crippen molar-refractivity contribution in [2.24, 2.45) is 0 Å². The Labute approximate surface area is 130 Å². The maximum atomic E-state index is 12.0. The molecule has 0 saturated heterocycles. The van der Waals surface area contributed by atoms with Crippen LogP contribution in [-0.2, 0) is 4.79 Å². The van der Waals surface area contributed by atoms with Crippen molar-refractivity contribution in [3.63, 3.8) is 0 Å². The van der Waals surface area contributed by atoms with Crippen molar-refractivity contribution in [1.29, 1.82) is 0 Å². The van der Waals surface area contributed by atoms with Gasteiger partial charge in [-0.25, -0.2) is 0 Å². The van der Waals surface area contributed by atoms with Gasteiger partial charge in [0.2, 0.25) is 5.91 Å². The summed E-state index contributed by atoms with van der Waals surface area (Å²) in [7, 11) is 0. The van der Waals surface area contributed by atoms with Gasteiger partial charge in [-0.2, -0.15) is 0 Å². The van der Waals surface area contributed by atoms with Gasteiger partial charge in [0.15, 0.2) is 0 Å². The van der Waals surface area contributed by atoms with Gasteiger partial charge in [0.1, 0.15) is 0 Å². The zero-order valence-corrected chi connectivity index (χ0v) is 13.2. The number of aryl methyl sites for hydroxylation is 3. The lowest BCUT2D eigenvalue weighted by Crippen LogP contribution is -2.22. The fourth-order valence-corrected chi connectivity index (χ4v) is 2.28. The summed E-state index contributed by atoms with van der Waals surface area (Å²) in [5.41, 5.74) is 5.03. The summed E-state index contributed by atoms with van der Waals surface area (Å²) in [6.07, 6.45) is 0. The average molecular weight is 303 g/mol. The average Bonchev–Trinajstić information content (AvgIpc) is 2.42. The van der Waals surface area contributed by atoms with Crippen molar-refractivity contribution in [1.82, 2.24) is 0 Å². The fraction of sp³-hybridized carbons (Fsp3) is 0.235. The van der Waals surface area contributed by atoms with Crippen LogP contribution in [0, 0.1) is 20.8 Å². The molecule has 0 aliphatic heterocycles. The molecule has 0 saturated carbocycles. The molecule has 2 rings (SSSR count). The summed E-state index contributed by atoms with van der Waals surface area (Å²) in [4.78, 5) is 12.0. The van der Waals surface area contributed by atoms with Crippen molar-refractivity contribution < 1.29 is 4.79 Å². The largest absolute Gasteiger partial charge is 0.376 e. The molecule has 0 fully saturated rings. The van der Waals surface area contributed by atoms with E-state index in [0.29, 0.717) is 5.02 Å². The molecule has 1 amide bonds. The lowest BCUT2D eigenvalue weighted by atomic mass is 10.1. The third-order valence-corrected chi connectivity index (χ3v) is 3.53. The van der Waals surface area contributed by atoms with Gasteiger partial charge in [-0.3, -0.25) is 4.79 Å². The second kappa shape index (κ2) is 6.64. The number of carbonyl (C=O) groups excluding carboxylic acids is 1. The first-order valence-corrected chi connectivity index (χ1v) is 7.20. The van der Waals surface area contributed by atoms with Crippen molar-refractivity contribution in [3.05, 3.63) is 58.1 Å². The molecule has 0 aliphatic carbocycles.